The van der Waals surface area contributed by atoms with Gasteiger partial charge in [0.05, 0.1) is 16.8 Å². The van der Waals surface area contributed by atoms with Crippen molar-refractivity contribution in [3.05, 3.63) is 83.1 Å². The standard InChI is InChI=1S/C24H16N6O2/c1-13-4-7-20(32-13)22-21(15-5-6-17-14(11-15)3-2-9-25-17)27-19-12-16(18-8-10-26-30-18)24(31)29-23(19)28-22/h2-12H,1H3,(H,26,30)(H,28,29,31). The molecule has 8 heteroatoms. The Morgan fingerprint density at radius 3 is 2.66 bits per heavy atom. The van der Waals surface area contributed by atoms with Gasteiger partial charge in [-0.3, -0.25) is 14.9 Å². The molecule has 32 heavy (non-hydrogen) atoms. The maximum absolute atomic E-state index is 12.7. The molecule has 0 spiro atoms. The lowest BCUT2D eigenvalue weighted by Gasteiger charge is -2.10. The Balaban J connectivity index is 1.64. The van der Waals surface area contributed by atoms with Crippen LogP contribution in [0.3, 0.4) is 0 Å². The van der Waals surface area contributed by atoms with Crippen molar-refractivity contribution < 1.29 is 4.42 Å². The molecule has 0 saturated carbocycles. The first-order valence-corrected chi connectivity index (χ1v) is 10.0. The molecule has 0 bridgehead atoms. The van der Waals surface area contributed by atoms with Crippen LogP contribution in [0, 0.1) is 6.92 Å². The summed E-state index contributed by atoms with van der Waals surface area (Å²) in [7, 11) is 0. The number of benzene rings is 1. The van der Waals surface area contributed by atoms with Crippen molar-refractivity contribution in [1.29, 1.82) is 0 Å². The van der Waals surface area contributed by atoms with E-state index in [4.69, 9.17) is 14.4 Å². The SMILES string of the molecule is Cc1ccc(-c2nc3[nH]c(=O)c(-c4ccn[nH]4)cc3nc2-c2ccc3ncccc3c2)o1. The summed E-state index contributed by atoms with van der Waals surface area (Å²) in [6.07, 6.45) is 3.36. The van der Waals surface area contributed by atoms with Gasteiger partial charge < -0.3 is 9.40 Å². The van der Waals surface area contributed by atoms with Gasteiger partial charge in [0.1, 0.15) is 22.7 Å². The molecule has 0 unspecified atom stereocenters. The molecule has 0 aliphatic rings. The molecule has 0 atom stereocenters. The monoisotopic (exact) mass is 420 g/mol. The van der Waals surface area contributed by atoms with Gasteiger partial charge in [-0.2, -0.15) is 5.10 Å². The van der Waals surface area contributed by atoms with Gasteiger partial charge in [-0.1, -0.05) is 12.1 Å². The highest BCUT2D eigenvalue weighted by molar-refractivity contribution is 5.89. The Morgan fingerprint density at radius 2 is 1.84 bits per heavy atom. The van der Waals surface area contributed by atoms with E-state index in [-0.39, 0.29) is 5.56 Å². The summed E-state index contributed by atoms with van der Waals surface area (Å²) in [6, 6.07) is 17.0. The highest BCUT2D eigenvalue weighted by Crippen LogP contribution is 2.33. The number of fused-ring (bicyclic) bond motifs is 2. The quantitative estimate of drug-likeness (QED) is 0.436. The maximum Gasteiger partial charge on any atom is 0.259 e. The van der Waals surface area contributed by atoms with Crippen molar-refractivity contribution in [3.8, 4) is 34.0 Å². The second-order valence-electron chi connectivity index (χ2n) is 7.46. The number of aromatic amines is 2. The molecule has 0 aliphatic heterocycles. The maximum atomic E-state index is 12.7. The van der Waals surface area contributed by atoms with E-state index in [2.05, 4.69) is 20.2 Å². The van der Waals surface area contributed by atoms with Crippen LogP contribution in [0.5, 0.6) is 0 Å². The highest BCUT2D eigenvalue weighted by atomic mass is 16.3. The number of H-pyrrole nitrogens is 2. The molecular weight excluding hydrogens is 404 g/mol. The van der Waals surface area contributed by atoms with Crippen LogP contribution < -0.4 is 5.56 Å². The summed E-state index contributed by atoms with van der Waals surface area (Å²) in [5.41, 5.74) is 4.69. The zero-order valence-electron chi connectivity index (χ0n) is 17.0. The average Bonchev–Trinajstić information content (AvgIpc) is 3.49. The van der Waals surface area contributed by atoms with E-state index in [1.54, 1.807) is 24.5 Å². The molecule has 5 aromatic heterocycles. The van der Waals surface area contributed by atoms with Gasteiger partial charge in [0, 0.05) is 23.3 Å². The summed E-state index contributed by atoms with van der Waals surface area (Å²) in [5.74, 6) is 1.34. The Labute approximate surface area is 181 Å². The molecule has 0 radical (unpaired) electrons. The molecule has 0 saturated heterocycles. The zero-order valence-corrected chi connectivity index (χ0v) is 17.0. The van der Waals surface area contributed by atoms with Crippen LogP contribution in [0.4, 0.5) is 0 Å². The van der Waals surface area contributed by atoms with Crippen molar-refractivity contribution >= 4 is 22.1 Å². The minimum Gasteiger partial charge on any atom is -0.460 e. The predicted octanol–water partition coefficient (Wildman–Crippen LogP) is 4.49. The topological polar surface area (TPSA) is 113 Å². The lowest BCUT2D eigenvalue weighted by molar-refractivity contribution is 0.546. The van der Waals surface area contributed by atoms with Gasteiger partial charge in [-0.05, 0) is 49.4 Å². The van der Waals surface area contributed by atoms with E-state index in [1.165, 1.54) is 0 Å². The number of pyridine rings is 2. The normalized spacial score (nSPS) is 11.4. The van der Waals surface area contributed by atoms with Crippen LogP contribution in [0.2, 0.25) is 0 Å². The number of furan rings is 1. The molecule has 6 aromatic rings. The smallest absolute Gasteiger partial charge is 0.259 e. The summed E-state index contributed by atoms with van der Waals surface area (Å²) in [5, 5.41) is 7.76. The molecule has 0 aliphatic carbocycles. The summed E-state index contributed by atoms with van der Waals surface area (Å²) in [6.45, 7) is 1.87. The third-order valence-electron chi connectivity index (χ3n) is 5.32. The molecule has 154 valence electrons. The van der Waals surface area contributed by atoms with Crippen LogP contribution in [-0.4, -0.2) is 30.1 Å². The number of nitrogens with one attached hydrogen (secondary N) is 2. The van der Waals surface area contributed by atoms with E-state index in [9.17, 15) is 4.79 Å². The summed E-state index contributed by atoms with van der Waals surface area (Å²) in [4.78, 5) is 29.6. The fourth-order valence-corrected chi connectivity index (χ4v) is 3.78. The lowest BCUT2D eigenvalue weighted by atomic mass is 10.0. The van der Waals surface area contributed by atoms with Crippen LogP contribution >= 0.6 is 0 Å². The zero-order chi connectivity index (χ0) is 21.7. The van der Waals surface area contributed by atoms with E-state index in [0.29, 0.717) is 39.6 Å². The first-order chi connectivity index (χ1) is 15.7. The van der Waals surface area contributed by atoms with Gasteiger partial charge in [0.25, 0.3) is 5.56 Å². The van der Waals surface area contributed by atoms with E-state index < -0.39 is 0 Å². The van der Waals surface area contributed by atoms with Crippen LogP contribution in [0.15, 0.2) is 76.2 Å². The second kappa shape index (κ2) is 6.98. The minimum atomic E-state index is -0.276. The molecule has 2 N–H and O–H groups in total. The molecule has 1 aromatic carbocycles. The Kier molecular flexibility index (Phi) is 3.97. The Hall–Kier alpha value is -4.59. The highest BCUT2D eigenvalue weighted by Gasteiger charge is 2.18. The largest absolute Gasteiger partial charge is 0.460 e. The van der Waals surface area contributed by atoms with Crippen molar-refractivity contribution in [3.63, 3.8) is 0 Å². The second-order valence-corrected chi connectivity index (χ2v) is 7.46. The van der Waals surface area contributed by atoms with Crippen molar-refractivity contribution in [2.24, 2.45) is 0 Å². The third kappa shape index (κ3) is 2.97. The van der Waals surface area contributed by atoms with Crippen LogP contribution in [0.1, 0.15) is 5.76 Å². The third-order valence-corrected chi connectivity index (χ3v) is 5.32. The van der Waals surface area contributed by atoms with Gasteiger partial charge >= 0.3 is 0 Å². The number of rotatable bonds is 3. The van der Waals surface area contributed by atoms with E-state index in [1.807, 2.05) is 49.4 Å². The first-order valence-electron chi connectivity index (χ1n) is 10.0. The Bertz CT molecular complexity index is 1660. The minimum absolute atomic E-state index is 0.276. The van der Waals surface area contributed by atoms with Crippen molar-refractivity contribution in [1.82, 2.24) is 30.1 Å². The predicted molar refractivity (Wildman–Crippen MR) is 121 cm³/mol. The van der Waals surface area contributed by atoms with Crippen LogP contribution in [-0.2, 0) is 0 Å². The van der Waals surface area contributed by atoms with Crippen molar-refractivity contribution in [2.75, 3.05) is 0 Å². The van der Waals surface area contributed by atoms with E-state index in [0.717, 1.165) is 22.2 Å². The number of aromatic nitrogens is 6. The summed E-state index contributed by atoms with van der Waals surface area (Å²) < 4.78 is 5.86. The molecule has 8 nitrogen and oxygen atoms in total. The van der Waals surface area contributed by atoms with Gasteiger partial charge in [0.15, 0.2) is 11.4 Å². The number of hydrogen-bond acceptors (Lipinski definition) is 6. The fraction of sp³-hybridized carbons (Fsp3) is 0.0417. The molecular formula is C24H16N6O2. The van der Waals surface area contributed by atoms with E-state index >= 15 is 0 Å². The van der Waals surface area contributed by atoms with Crippen molar-refractivity contribution in [2.45, 2.75) is 6.92 Å². The molecule has 6 rings (SSSR count). The molecule has 5 heterocycles. The molecule has 0 fully saturated rings. The van der Waals surface area contributed by atoms with Gasteiger partial charge in [-0.25, -0.2) is 9.97 Å². The van der Waals surface area contributed by atoms with Crippen LogP contribution in [0.25, 0.3) is 56.0 Å². The van der Waals surface area contributed by atoms with Gasteiger partial charge in [0.2, 0.25) is 0 Å². The number of nitrogens with zero attached hydrogens (tertiary/aromatic N) is 4. The lowest BCUT2D eigenvalue weighted by Crippen LogP contribution is -2.11. The number of aryl methyl sites for hydroxylation is 1. The Morgan fingerprint density at radius 1 is 0.906 bits per heavy atom. The first kappa shape index (κ1) is 18.2. The summed E-state index contributed by atoms with van der Waals surface area (Å²) >= 11 is 0. The number of hydrogen-bond donors (Lipinski definition) is 2. The molecule has 0 amide bonds. The van der Waals surface area contributed by atoms with Gasteiger partial charge in [-0.15, -0.1) is 0 Å². The average molecular weight is 420 g/mol. The fourth-order valence-electron chi connectivity index (χ4n) is 3.78.